The lowest BCUT2D eigenvalue weighted by Crippen LogP contribution is -2.40. The molecule has 0 radical (unpaired) electrons. The van der Waals surface area contributed by atoms with Gasteiger partial charge in [-0.3, -0.25) is 4.72 Å². The number of ether oxygens (including phenoxy) is 1. The van der Waals surface area contributed by atoms with Crippen LogP contribution in [0.2, 0.25) is 0 Å². The molecule has 11 heteroatoms. The number of sulfonamides is 2. The Morgan fingerprint density at radius 1 is 1.07 bits per heavy atom. The van der Waals surface area contributed by atoms with Gasteiger partial charge in [-0.15, -0.1) is 11.3 Å². The molecule has 0 unspecified atom stereocenters. The minimum absolute atomic E-state index is 0.0468. The van der Waals surface area contributed by atoms with Crippen molar-refractivity contribution in [2.75, 3.05) is 42.9 Å². The van der Waals surface area contributed by atoms with Crippen molar-refractivity contribution in [3.63, 3.8) is 0 Å². The van der Waals surface area contributed by atoms with Crippen molar-refractivity contribution < 1.29 is 21.6 Å². The number of anilines is 2. The fourth-order valence-electron chi connectivity index (χ4n) is 3.01. The van der Waals surface area contributed by atoms with E-state index in [1.807, 2.05) is 6.92 Å². The van der Waals surface area contributed by atoms with E-state index in [0.717, 1.165) is 29.1 Å². The molecule has 1 aliphatic heterocycles. The molecule has 1 aliphatic rings. The second-order valence-corrected chi connectivity index (χ2v) is 12.1. The number of hydrogen-bond acceptors (Lipinski definition) is 7. The lowest BCUT2D eigenvalue weighted by Gasteiger charge is -2.26. The highest BCUT2D eigenvalue weighted by Gasteiger charge is 2.28. The van der Waals surface area contributed by atoms with E-state index in [1.54, 1.807) is 18.2 Å². The van der Waals surface area contributed by atoms with Crippen molar-refractivity contribution in [3.8, 4) is 0 Å². The van der Waals surface area contributed by atoms with Crippen LogP contribution >= 0.6 is 11.3 Å². The molecule has 0 amide bonds. The summed E-state index contributed by atoms with van der Waals surface area (Å²) in [5, 5.41) is 3.20. The summed E-state index contributed by atoms with van der Waals surface area (Å²) >= 11 is 1.16. The maximum atomic E-state index is 13.0. The molecular formula is C19H27N3O5S3. The van der Waals surface area contributed by atoms with Crippen LogP contribution in [0.5, 0.6) is 0 Å². The normalized spacial score (nSPS) is 15.8. The zero-order chi connectivity index (χ0) is 21.8. The lowest BCUT2D eigenvalue weighted by atomic mass is 10.2. The third-order valence-electron chi connectivity index (χ3n) is 4.67. The maximum absolute atomic E-state index is 13.0. The van der Waals surface area contributed by atoms with Gasteiger partial charge in [-0.1, -0.05) is 13.3 Å². The van der Waals surface area contributed by atoms with E-state index in [4.69, 9.17) is 4.74 Å². The predicted octanol–water partition coefficient (Wildman–Crippen LogP) is 3.09. The number of rotatable bonds is 9. The van der Waals surface area contributed by atoms with Crippen LogP contribution < -0.4 is 10.0 Å². The van der Waals surface area contributed by atoms with Crippen LogP contribution in [0.15, 0.2) is 39.4 Å². The predicted molar refractivity (Wildman–Crippen MR) is 119 cm³/mol. The minimum atomic E-state index is -3.83. The molecule has 1 saturated heterocycles. The Balaban J connectivity index is 1.96. The third kappa shape index (κ3) is 5.33. The highest BCUT2D eigenvalue weighted by atomic mass is 32.2. The van der Waals surface area contributed by atoms with Crippen molar-refractivity contribution in [2.45, 2.75) is 35.8 Å². The Bertz CT molecular complexity index is 1070. The van der Waals surface area contributed by atoms with Gasteiger partial charge in [-0.2, -0.15) is 4.31 Å². The van der Waals surface area contributed by atoms with Gasteiger partial charge in [0.25, 0.3) is 10.0 Å². The smallest absolute Gasteiger partial charge is 0.271 e. The fourth-order valence-corrected chi connectivity index (χ4v) is 6.80. The molecule has 0 spiro atoms. The molecule has 0 atom stereocenters. The van der Waals surface area contributed by atoms with Crippen molar-refractivity contribution >= 4 is 42.8 Å². The number of morpholine rings is 1. The summed E-state index contributed by atoms with van der Waals surface area (Å²) < 4.78 is 61.1. The van der Waals surface area contributed by atoms with Gasteiger partial charge in [0.1, 0.15) is 4.21 Å². The number of aryl methyl sites for hydroxylation is 1. The van der Waals surface area contributed by atoms with Crippen LogP contribution in [-0.2, 0) is 24.8 Å². The number of thiophene rings is 1. The van der Waals surface area contributed by atoms with E-state index in [2.05, 4.69) is 17.0 Å². The average molecular weight is 474 g/mol. The van der Waals surface area contributed by atoms with Gasteiger partial charge in [0.15, 0.2) is 0 Å². The standard InChI is InChI=1S/C19H27N3O5S3/c1-3-4-9-20-17-7-6-16(30(25,26)22-10-12-27-13-11-22)14-18(17)21-29(23,24)19-8-5-15(2)28-19/h5-8,14,20-21H,3-4,9-13H2,1-2H3. The Morgan fingerprint density at radius 2 is 1.80 bits per heavy atom. The van der Waals surface area contributed by atoms with Crippen molar-refractivity contribution in [1.82, 2.24) is 4.31 Å². The highest BCUT2D eigenvalue weighted by molar-refractivity contribution is 7.94. The molecule has 166 valence electrons. The molecule has 30 heavy (non-hydrogen) atoms. The molecule has 3 rings (SSSR count). The average Bonchev–Trinajstić information content (AvgIpc) is 3.17. The first kappa shape index (κ1) is 23.0. The second kappa shape index (κ2) is 9.65. The zero-order valence-corrected chi connectivity index (χ0v) is 19.5. The molecule has 0 aliphatic carbocycles. The summed E-state index contributed by atoms with van der Waals surface area (Å²) in [6.45, 7) is 5.77. The number of benzene rings is 1. The van der Waals surface area contributed by atoms with Gasteiger partial charge >= 0.3 is 0 Å². The van der Waals surface area contributed by atoms with Crippen LogP contribution in [-0.4, -0.2) is 54.0 Å². The van der Waals surface area contributed by atoms with Crippen LogP contribution in [0.4, 0.5) is 11.4 Å². The van der Waals surface area contributed by atoms with E-state index < -0.39 is 20.0 Å². The van der Waals surface area contributed by atoms with E-state index in [1.165, 1.54) is 16.4 Å². The van der Waals surface area contributed by atoms with E-state index in [9.17, 15) is 16.8 Å². The fraction of sp³-hybridized carbons (Fsp3) is 0.474. The van der Waals surface area contributed by atoms with Crippen molar-refractivity contribution in [2.24, 2.45) is 0 Å². The molecular weight excluding hydrogens is 446 g/mol. The van der Waals surface area contributed by atoms with Crippen LogP contribution in [0.3, 0.4) is 0 Å². The summed E-state index contributed by atoms with van der Waals surface area (Å²) in [6.07, 6.45) is 1.89. The van der Waals surface area contributed by atoms with Gasteiger partial charge in [0, 0.05) is 24.5 Å². The molecule has 1 fully saturated rings. The number of nitrogens with zero attached hydrogens (tertiary/aromatic N) is 1. The minimum Gasteiger partial charge on any atom is -0.383 e. The first-order valence-electron chi connectivity index (χ1n) is 9.79. The van der Waals surface area contributed by atoms with E-state index in [-0.39, 0.29) is 27.9 Å². The zero-order valence-electron chi connectivity index (χ0n) is 17.0. The van der Waals surface area contributed by atoms with Gasteiger partial charge in [-0.05, 0) is 43.7 Å². The first-order chi connectivity index (χ1) is 14.2. The number of unbranched alkanes of at least 4 members (excludes halogenated alkanes) is 1. The van der Waals surface area contributed by atoms with Gasteiger partial charge in [-0.25, -0.2) is 16.8 Å². The molecule has 1 aromatic carbocycles. The van der Waals surface area contributed by atoms with Gasteiger partial charge in [0.05, 0.1) is 29.5 Å². The summed E-state index contributed by atoms with van der Waals surface area (Å²) in [5.41, 5.74) is 0.757. The van der Waals surface area contributed by atoms with Gasteiger partial charge < -0.3 is 10.1 Å². The Labute approximate surface area is 182 Å². The summed E-state index contributed by atoms with van der Waals surface area (Å²) in [4.78, 5) is 0.922. The maximum Gasteiger partial charge on any atom is 0.271 e. The molecule has 1 aromatic heterocycles. The summed E-state index contributed by atoms with van der Waals surface area (Å²) in [6, 6.07) is 7.78. The Kier molecular flexibility index (Phi) is 7.40. The van der Waals surface area contributed by atoms with Gasteiger partial charge in [0.2, 0.25) is 10.0 Å². The SMILES string of the molecule is CCCCNc1ccc(S(=O)(=O)N2CCOCC2)cc1NS(=O)(=O)c1ccc(C)s1. The lowest BCUT2D eigenvalue weighted by molar-refractivity contribution is 0.0730. The third-order valence-corrected chi connectivity index (χ3v) is 9.42. The number of nitrogens with one attached hydrogen (secondary N) is 2. The Hall–Kier alpha value is -1.66. The molecule has 0 bridgehead atoms. The topological polar surface area (TPSA) is 105 Å². The van der Waals surface area contributed by atoms with Crippen molar-refractivity contribution in [1.29, 1.82) is 0 Å². The summed E-state index contributed by atoms with van der Waals surface area (Å²) in [5.74, 6) is 0. The van der Waals surface area contributed by atoms with Crippen LogP contribution in [0.25, 0.3) is 0 Å². The first-order valence-corrected chi connectivity index (χ1v) is 13.5. The summed E-state index contributed by atoms with van der Waals surface area (Å²) in [7, 11) is -7.58. The second-order valence-electron chi connectivity index (χ2n) is 6.97. The molecule has 2 N–H and O–H groups in total. The largest absolute Gasteiger partial charge is 0.383 e. The molecule has 2 heterocycles. The quantitative estimate of drug-likeness (QED) is 0.542. The molecule has 8 nitrogen and oxygen atoms in total. The van der Waals surface area contributed by atoms with Crippen molar-refractivity contribution in [3.05, 3.63) is 35.2 Å². The Morgan fingerprint density at radius 3 is 2.43 bits per heavy atom. The van der Waals surface area contributed by atoms with Crippen LogP contribution in [0, 0.1) is 6.92 Å². The number of hydrogen-bond donors (Lipinski definition) is 2. The van der Waals surface area contributed by atoms with Crippen LogP contribution in [0.1, 0.15) is 24.6 Å². The highest BCUT2D eigenvalue weighted by Crippen LogP contribution is 2.31. The van der Waals surface area contributed by atoms with E-state index >= 15 is 0 Å². The van der Waals surface area contributed by atoms with E-state index in [0.29, 0.717) is 25.4 Å². The monoisotopic (exact) mass is 473 g/mol. The molecule has 0 saturated carbocycles. The molecule has 2 aromatic rings.